The Morgan fingerprint density at radius 1 is 1.17 bits per heavy atom. The molecule has 4 rings (SSSR count). The van der Waals surface area contributed by atoms with Crippen LogP contribution in [-0.4, -0.2) is 63.7 Å². The van der Waals surface area contributed by atoms with E-state index < -0.39 is 29.6 Å². The zero-order valence-electron chi connectivity index (χ0n) is 18.8. The largest absolute Gasteiger partial charge is 0.507 e. The number of nitrogens with zero attached hydrogens (tertiary/aromatic N) is 2. The Hall–Kier alpha value is -4.08. The molecule has 2 aromatic carbocycles. The molecule has 1 saturated heterocycles. The minimum absolute atomic E-state index is 0.0266. The highest BCUT2D eigenvalue weighted by Crippen LogP contribution is 2.42. The smallest absolute Gasteiger partial charge is 0.490 e. The summed E-state index contributed by atoms with van der Waals surface area (Å²) in [4.78, 5) is 23.7. The maximum absolute atomic E-state index is 12.8. The summed E-state index contributed by atoms with van der Waals surface area (Å²) in [5, 5.41) is 47.5. The lowest BCUT2D eigenvalue weighted by molar-refractivity contribution is -0.192. The number of hydrogen-bond acceptors (Lipinski definition) is 8. The van der Waals surface area contributed by atoms with E-state index in [9.17, 15) is 33.3 Å². The average Bonchev–Trinajstić information content (AvgIpc) is 2.79. The predicted octanol–water partition coefficient (Wildman–Crippen LogP) is 3.16. The Bertz CT molecular complexity index is 1380. The van der Waals surface area contributed by atoms with E-state index in [2.05, 4.69) is 0 Å². The first-order valence-electron chi connectivity index (χ1n) is 10.5. The second kappa shape index (κ2) is 10.3. The van der Waals surface area contributed by atoms with Gasteiger partial charge in [-0.2, -0.15) is 18.4 Å². The van der Waals surface area contributed by atoms with Crippen LogP contribution in [0.4, 0.5) is 13.2 Å². The third kappa shape index (κ3) is 5.59. The van der Waals surface area contributed by atoms with Crippen LogP contribution in [0.25, 0.3) is 22.3 Å². The van der Waals surface area contributed by atoms with E-state index in [1.807, 2.05) is 18.0 Å². The number of rotatable bonds is 2. The summed E-state index contributed by atoms with van der Waals surface area (Å²) in [5.41, 5.74) is 1.00. The van der Waals surface area contributed by atoms with Crippen molar-refractivity contribution in [2.75, 3.05) is 20.1 Å². The molecule has 4 N–H and O–H groups in total. The van der Waals surface area contributed by atoms with E-state index in [1.54, 1.807) is 24.3 Å². The number of phenols is 2. The number of likely N-dealkylation sites (tertiary alicyclic amines) is 1. The number of halogens is 3. The topological polar surface area (TPSA) is 155 Å². The number of phenolic OH excluding ortho intramolecular Hbond substituents is 2. The average molecular weight is 506 g/mol. The Labute approximate surface area is 201 Å². The van der Waals surface area contributed by atoms with Crippen LogP contribution in [0.5, 0.6) is 11.5 Å². The monoisotopic (exact) mass is 506 g/mol. The van der Waals surface area contributed by atoms with E-state index in [-0.39, 0.29) is 28.2 Å². The van der Waals surface area contributed by atoms with Crippen LogP contribution < -0.4 is 5.43 Å². The van der Waals surface area contributed by atoms with Crippen molar-refractivity contribution in [2.45, 2.75) is 24.6 Å². The van der Waals surface area contributed by atoms with Gasteiger partial charge in [0.15, 0.2) is 5.43 Å². The maximum Gasteiger partial charge on any atom is 0.490 e. The third-order valence-corrected chi connectivity index (χ3v) is 5.69. The number of carbonyl (C=O) groups is 1. The molecule has 0 spiro atoms. The summed E-state index contributed by atoms with van der Waals surface area (Å²) in [5.74, 6) is -3.53. The van der Waals surface area contributed by atoms with E-state index in [0.717, 1.165) is 6.07 Å². The Balaban J connectivity index is 0.000000454. The molecular formula is C24H21F3N2O7. The highest BCUT2D eigenvalue weighted by atomic mass is 19.4. The number of alkyl halides is 3. The molecule has 1 aromatic heterocycles. The molecule has 2 atom stereocenters. The highest BCUT2D eigenvalue weighted by Gasteiger charge is 2.38. The number of hydrogen-bond donors (Lipinski definition) is 4. The number of aromatic hydroxyl groups is 2. The number of nitriles is 1. The normalized spacial score (nSPS) is 18.2. The SMILES string of the molecule is CN1CC[C@H](c2c(O)cc(O)c3c(=O)cc(-c4ccc(C#N)cc4)oc23)[C@H](O)C1.O=C(O)C(F)(F)F. The van der Waals surface area contributed by atoms with Crippen molar-refractivity contribution < 1.29 is 42.8 Å². The molecule has 1 aliphatic rings. The molecule has 1 fully saturated rings. The number of aliphatic hydroxyl groups is 1. The van der Waals surface area contributed by atoms with Crippen molar-refractivity contribution in [1.29, 1.82) is 5.26 Å². The molecule has 190 valence electrons. The molecule has 3 aromatic rings. The summed E-state index contributed by atoms with van der Waals surface area (Å²) in [6.45, 7) is 1.13. The van der Waals surface area contributed by atoms with Gasteiger partial charge in [0.05, 0.1) is 17.7 Å². The van der Waals surface area contributed by atoms with Crippen LogP contribution in [0.1, 0.15) is 23.5 Å². The first kappa shape index (κ1) is 26.5. The highest BCUT2D eigenvalue weighted by molar-refractivity contribution is 5.89. The van der Waals surface area contributed by atoms with Gasteiger partial charge >= 0.3 is 12.1 Å². The molecule has 9 nitrogen and oxygen atoms in total. The second-order valence-electron chi connectivity index (χ2n) is 8.22. The minimum atomic E-state index is -5.08. The van der Waals surface area contributed by atoms with Gasteiger partial charge in [0.1, 0.15) is 28.2 Å². The van der Waals surface area contributed by atoms with E-state index in [0.29, 0.717) is 36.2 Å². The van der Waals surface area contributed by atoms with E-state index >= 15 is 0 Å². The van der Waals surface area contributed by atoms with Gasteiger partial charge < -0.3 is 29.7 Å². The molecule has 0 bridgehead atoms. The summed E-state index contributed by atoms with van der Waals surface area (Å²) >= 11 is 0. The maximum atomic E-state index is 12.8. The van der Waals surface area contributed by atoms with E-state index in [4.69, 9.17) is 19.6 Å². The molecule has 36 heavy (non-hydrogen) atoms. The van der Waals surface area contributed by atoms with Crippen molar-refractivity contribution in [3.63, 3.8) is 0 Å². The molecule has 0 unspecified atom stereocenters. The van der Waals surface area contributed by atoms with Gasteiger partial charge in [-0.1, -0.05) is 0 Å². The zero-order chi connectivity index (χ0) is 26.8. The fourth-order valence-electron chi connectivity index (χ4n) is 3.96. The molecule has 0 radical (unpaired) electrons. The number of carboxylic acids is 1. The first-order valence-corrected chi connectivity index (χ1v) is 10.5. The molecule has 12 heteroatoms. The third-order valence-electron chi connectivity index (χ3n) is 5.69. The van der Waals surface area contributed by atoms with Crippen molar-refractivity contribution in [3.05, 3.63) is 57.7 Å². The van der Waals surface area contributed by atoms with Crippen molar-refractivity contribution in [3.8, 4) is 28.9 Å². The molecule has 0 saturated carbocycles. The van der Waals surface area contributed by atoms with Gasteiger partial charge in [-0.25, -0.2) is 4.79 Å². The minimum Gasteiger partial charge on any atom is -0.507 e. The Morgan fingerprint density at radius 2 is 1.78 bits per heavy atom. The fourth-order valence-corrected chi connectivity index (χ4v) is 3.96. The summed E-state index contributed by atoms with van der Waals surface area (Å²) in [6, 6.07) is 11.0. The van der Waals surface area contributed by atoms with Crippen LogP contribution in [0.2, 0.25) is 0 Å². The molecular weight excluding hydrogens is 485 g/mol. The number of aliphatic hydroxyl groups excluding tert-OH is 1. The van der Waals surface area contributed by atoms with Crippen LogP contribution in [0.3, 0.4) is 0 Å². The van der Waals surface area contributed by atoms with Crippen molar-refractivity contribution in [1.82, 2.24) is 4.90 Å². The van der Waals surface area contributed by atoms with Gasteiger partial charge in [-0.3, -0.25) is 4.79 Å². The first-order chi connectivity index (χ1) is 16.8. The summed E-state index contributed by atoms with van der Waals surface area (Å²) in [6.07, 6.45) is -5.27. The molecule has 2 heterocycles. The van der Waals surface area contributed by atoms with Crippen LogP contribution in [-0.2, 0) is 4.79 Å². The van der Waals surface area contributed by atoms with Crippen LogP contribution in [0.15, 0.2) is 45.6 Å². The lowest BCUT2D eigenvalue weighted by Gasteiger charge is -2.34. The van der Waals surface area contributed by atoms with Crippen LogP contribution >= 0.6 is 0 Å². The quantitative estimate of drug-likeness (QED) is 0.410. The zero-order valence-corrected chi connectivity index (χ0v) is 18.8. The standard InChI is InChI=1S/C22H20N2O5.C2HF3O2/c1-24-7-6-14(18(28)11-24)20-15(25)8-16(26)21-17(27)9-19(29-22(20)21)13-4-2-12(10-23)3-5-13;3-2(4,5)1(6)7/h2-5,8-9,14,18,25-26,28H,6-7,11H2,1H3;(H,6,7)/t14-,18+;/m0./s1. The number of likely N-dealkylation sites (N-methyl/N-ethyl adjacent to an activating group) is 1. The number of aliphatic carboxylic acids is 1. The molecule has 0 amide bonds. The molecule has 1 aliphatic heterocycles. The Kier molecular flexibility index (Phi) is 7.57. The lowest BCUT2D eigenvalue weighted by Crippen LogP contribution is -2.40. The summed E-state index contributed by atoms with van der Waals surface area (Å²) in [7, 11) is 1.90. The summed E-state index contributed by atoms with van der Waals surface area (Å²) < 4.78 is 37.7. The number of carboxylic acid groups (broad SMARTS) is 1. The van der Waals surface area contributed by atoms with Crippen molar-refractivity contribution in [2.24, 2.45) is 0 Å². The lowest BCUT2D eigenvalue weighted by atomic mass is 9.85. The van der Waals surface area contributed by atoms with Gasteiger partial charge in [-0.15, -0.1) is 0 Å². The van der Waals surface area contributed by atoms with Gasteiger partial charge in [0, 0.05) is 35.7 Å². The second-order valence-corrected chi connectivity index (χ2v) is 8.22. The van der Waals surface area contributed by atoms with E-state index in [1.165, 1.54) is 6.07 Å². The van der Waals surface area contributed by atoms with Gasteiger partial charge in [0.25, 0.3) is 0 Å². The Morgan fingerprint density at radius 3 is 2.31 bits per heavy atom. The predicted molar refractivity (Wildman–Crippen MR) is 121 cm³/mol. The van der Waals surface area contributed by atoms with Gasteiger partial charge in [0.2, 0.25) is 0 Å². The van der Waals surface area contributed by atoms with Gasteiger partial charge in [-0.05, 0) is 44.3 Å². The molecule has 0 aliphatic carbocycles. The number of benzene rings is 2. The number of β-amino-alcohol motifs (C(OH)–C–C–N with tert-alkyl or cyclic N) is 1. The van der Waals surface area contributed by atoms with Crippen molar-refractivity contribution >= 4 is 16.9 Å². The number of piperidine rings is 1. The van der Waals surface area contributed by atoms with Crippen LogP contribution in [0, 0.1) is 11.3 Å². The fraction of sp³-hybridized carbons (Fsp3) is 0.292. The number of fused-ring (bicyclic) bond motifs is 1.